The SMILES string of the molecule is Cn1ccc(CC(O)c2cc(Cl)sc2Cl)n1. The molecule has 86 valence electrons. The van der Waals surface area contributed by atoms with Gasteiger partial charge in [-0.2, -0.15) is 5.10 Å². The van der Waals surface area contributed by atoms with Crippen LogP contribution in [0.15, 0.2) is 18.3 Å². The Balaban J connectivity index is 2.14. The van der Waals surface area contributed by atoms with Crippen LogP contribution in [0.5, 0.6) is 0 Å². The molecule has 0 radical (unpaired) electrons. The number of rotatable bonds is 3. The minimum atomic E-state index is -0.661. The predicted molar refractivity (Wildman–Crippen MR) is 66.2 cm³/mol. The number of hydrogen-bond acceptors (Lipinski definition) is 3. The van der Waals surface area contributed by atoms with Gasteiger partial charge in [-0.15, -0.1) is 11.3 Å². The van der Waals surface area contributed by atoms with E-state index >= 15 is 0 Å². The molecule has 0 aliphatic rings. The maximum absolute atomic E-state index is 9.99. The quantitative estimate of drug-likeness (QED) is 0.936. The third-order valence-corrected chi connectivity index (χ3v) is 3.73. The fourth-order valence-electron chi connectivity index (χ4n) is 1.46. The molecule has 16 heavy (non-hydrogen) atoms. The number of aliphatic hydroxyl groups is 1. The maximum Gasteiger partial charge on any atom is 0.100 e. The first-order chi connectivity index (χ1) is 7.56. The Bertz CT molecular complexity index is 495. The molecule has 6 heteroatoms. The lowest BCUT2D eigenvalue weighted by atomic mass is 10.1. The molecule has 1 N–H and O–H groups in total. The third-order valence-electron chi connectivity index (χ3n) is 2.21. The van der Waals surface area contributed by atoms with Gasteiger partial charge in [0.1, 0.15) is 4.34 Å². The molecule has 0 aliphatic carbocycles. The normalized spacial score (nSPS) is 13.0. The van der Waals surface area contributed by atoms with E-state index in [4.69, 9.17) is 23.2 Å². The minimum Gasteiger partial charge on any atom is -0.388 e. The number of aliphatic hydroxyl groups excluding tert-OH is 1. The highest BCUT2D eigenvalue weighted by Gasteiger charge is 2.16. The highest BCUT2D eigenvalue weighted by Crippen LogP contribution is 2.35. The van der Waals surface area contributed by atoms with Gasteiger partial charge in [-0.05, 0) is 12.1 Å². The Labute approximate surface area is 107 Å². The summed E-state index contributed by atoms with van der Waals surface area (Å²) in [6.45, 7) is 0. The zero-order valence-electron chi connectivity index (χ0n) is 8.52. The van der Waals surface area contributed by atoms with E-state index < -0.39 is 6.10 Å². The molecule has 1 atom stereocenters. The molecule has 2 aromatic heterocycles. The first-order valence-corrected chi connectivity index (χ1v) is 6.25. The van der Waals surface area contributed by atoms with Gasteiger partial charge in [0, 0.05) is 25.2 Å². The smallest absolute Gasteiger partial charge is 0.100 e. The Morgan fingerprint density at radius 1 is 1.56 bits per heavy atom. The van der Waals surface area contributed by atoms with Crippen molar-refractivity contribution in [1.82, 2.24) is 9.78 Å². The van der Waals surface area contributed by atoms with Crippen LogP contribution in [-0.4, -0.2) is 14.9 Å². The van der Waals surface area contributed by atoms with Crippen LogP contribution in [0.1, 0.15) is 17.4 Å². The molecule has 1 unspecified atom stereocenters. The van der Waals surface area contributed by atoms with Gasteiger partial charge in [0.15, 0.2) is 0 Å². The molecule has 0 saturated heterocycles. The number of halogens is 2. The maximum atomic E-state index is 9.99. The van der Waals surface area contributed by atoms with Gasteiger partial charge in [-0.1, -0.05) is 23.2 Å². The molecular weight excluding hydrogens is 267 g/mol. The van der Waals surface area contributed by atoms with Crippen molar-refractivity contribution in [2.75, 3.05) is 0 Å². The Morgan fingerprint density at radius 2 is 2.31 bits per heavy atom. The summed E-state index contributed by atoms with van der Waals surface area (Å²) in [4.78, 5) is 0. The van der Waals surface area contributed by atoms with Crippen LogP contribution in [-0.2, 0) is 13.5 Å². The van der Waals surface area contributed by atoms with Crippen LogP contribution in [0.25, 0.3) is 0 Å². The van der Waals surface area contributed by atoms with Gasteiger partial charge >= 0.3 is 0 Å². The predicted octanol–water partition coefficient (Wildman–Crippen LogP) is 3.06. The number of aryl methyl sites for hydroxylation is 1. The zero-order valence-corrected chi connectivity index (χ0v) is 10.9. The average Bonchev–Trinajstić information content (AvgIpc) is 2.73. The van der Waals surface area contributed by atoms with Gasteiger partial charge in [0.25, 0.3) is 0 Å². The van der Waals surface area contributed by atoms with E-state index in [-0.39, 0.29) is 0 Å². The second kappa shape index (κ2) is 4.75. The van der Waals surface area contributed by atoms with E-state index in [1.807, 2.05) is 19.3 Å². The number of thiophene rings is 1. The molecule has 2 aromatic rings. The van der Waals surface area contributed by atoms with Gasteiger partial charge in [0.05, 0.1) is 16.1 Å². The largest absolute Gasteiger partial charge is 0.388 e. The van der Waals surface area contributed by atoms with Crippen LogP contribution < -0.4 is 0 Å². The van der Waals surface area contributed by atoms with E-state index in [1.165, 1.54) is 11.3 Å². The van der Waals surface area contributed by atoms with Crippen molar-refractivity contribution in [3.8, 4) is 0 Å². The third kappa shape index (κ3) is 2.58. The van der Waals surface area contributed by atoms with Crippen molar-refractivity contribution in [2.24, 2.45) is 7.05 Å². The second-order valence-corrected chi connectivity index (χ2v) is 5.77. The fourth-order valence-corrected chi connectivity index (χ4v) is 3.03. The zero-order chi connectivity index (χ0) is 11.7. The lowest BCUT2D eigenvalue weighted by Gasteiger charge is -2.07. The van der Waals surface area contributed by atoms with Crippen molar-refractivity contribution < 1.29 is 5.11 Å². The van der Waals surface area contributed by atoms with Crippen LogP contribution in [0.2, 0.25) is 8.67 Å². The van der Waals surface area contributed by atoms with Gasteiger partial charge < -0.3 is 5.11 Å². The van der Waals surface area contributed by atoms with E-state index in [1.54, 1.807) is 10.7 Å². The lowest BCUT2D eigenvalue weighted by Crippen LogP contribution is -2.02. The summed E-state index contributed by atoms with van der Waals surface area (Å²) in [5.41, 5.74) is 1.50. The summed E-state index contributed by atoms with van der Waals surface area (Å²) < 4.78 is 2.82. The van der Waals surface area contributed by atoms with Crippen molar-refractivity contribution in [3.63, 3.8) is 0 Å². The van der Waals surface area contributed by atoms with E-state index in [0.29, 0.717) is 20.7 Å². The second-order valence-electron chi connectivity index (χ2n) is 3.48. The molecule has 2 rings (SSSR count). The number of nitrogens with zero attached hydrogens (tertiary/aromatic N) is 2. The van der Waals surface area contributed by atoms with Crippen molar-refractivity contribution in [2.45, 2.75) is 12.5 Å². The summed E-state index contributed by atoms with van der Waals surface area (Å²) in [5, 5.41) is 14.2. The monoisotopic (exact) mass is 276 g/mol. The molecule has 0 amide bonds. The standard InChI is InChI=1S/C10H10Cl2N2OS/c1-14-3-2-6(13-14)4-8(15)7-5-9(11)16-10(7)12/h2-3,5,8,15H,4H2,1H3. The number of aromatic nitrogens is 2. The minimum absolute atomic E-state index is 0.438. The molecule has 0 spiro atoms. The highest BCUT2D eigenvalue weighted by molar-refractivity contribution is 7.20. The van der Waals surface area contributed by atoms with Gasteiger partial charge in [0.2, 0.25) is 0 Å². The van der Waals surface area contributed by atoms with Crippen LogP contribution >= 0.6 is 34.5 Å². The summed E-state index contributed by atoms with van der Waals surface area (Å²) >= 11 is 13.0. The van der Waals surface area contributed by atoms with Gasteiger partial charge in [-0.3, -0.25) is 4.68 Å². The van der Waals surface area contributed by atoms with Crippen molar-refractivity contribution in [3.05, 3.63) is 38.3 Å². The molecule has 0 aliphatic heterocycles. The molecule has 0 fully saturated rings. The van der Waals surface area contributed by atoms with Crippen LogP contribution in [0.4, 0.5) is 0 Å². The summed E-state index contributed by atoms with van der Waals surface area (Å²) in [7, 11) is 1.84. The Morgan fingerprint density at radius 3 is 2.81 bits per heavy atom. The van der Waals surface area contributed by atoms with Crippen LogP contribution in [0, 0.1) is 0 Å². The first kappa shape index (κ1) is 11.9. The fraction of sp³-hybridized carbons (Fsp3) is 0.300. The van der Waals surface area contributed by atoms with E-state index in [9.17, 15) is 5.11 Å². The Kier molecular flexibility index (Phi) is 3.54. The molecule has 3 nitrogen and oxygen atoms in total. The molecule has 0 saturated carbocycles. The molecule has 0 bridgehead atoms. The first-order valence-electron chi connectivity index (χ1n) is 4.67. The topological polar surface area (TPSA) is 38.0 Å². The molecule has 0 aromatic carbocycles. The summed E-state index contributed by atoms with van der Waals surface area (Å²) in [6, 6.07) is 3.56. The van der Waals surface area contributed by atoms with Gasteiger partial charge in [-0.25, -0.2) is 0 Å². The van der Waals surface area contributed by atoms with E-state index in [2.05, 4.69) is 5.10 Å². The van der Waals surface area contributed by atoms with E-state index in [0.717, 1.165) is 5.69 Å². The summed E-state index contributed by atoms with van der Waals surface area (Å²) in [6.07, 6.45) is 1.61. The molecule has 2 heterocycles. The summed E-state index contributed by atoms with van der Waals surface area (Å²) in [5.74, 6) is 0. The Hall–Kier alpha value is -0.550. The van der Waals surface area contributed by atoms with Crippen LogP contribution in [0.3, 0.4) is 0 Å². The van der Waals surface area contributed by atoms with Crippen molar-refractivity contribution in [1.29, 1.82) is 0 Å². The molecular formula is C10H10Cl2N2OS. The van der Waals surface area contributed by atoms with Crippen molar-refractivity contribution >= 4 is 34.5 Å². The highest BCUT2D eigenvalue weighted by atomic mass is 35.5. The lowest BCUT2D eigenvalue weighted by molar-refractivity contribution is 0.177. The number of hydrogen-bond donors (Lipinski definition) is 1. The average molecular weight is 277 g/mol.